The van der Waals surface area contributed by atoms with Crippen LogP contribution in [0.4, 0.5) is 5.82 Å². The Hall–Kier alpha value is -3.88. The van der Waals surface area contributed by atoms with Crippen LogP contribution in [0.25, 0.3) is 10.9 Å². The number of pyridine rings is 1. The van der Waals surface area contributed by atoms with E-state index in [9.17, 15) is 14.4 Å². The van der Waals surface area contributed by atoms with Crippen LogP contribution < -0.4 is 10.2 Å². The van der Waals surface area contributed by atoms with Crippen LogP contribution in [-0.2, 0) is 20.7 Å². The molecule has 1 aliphatic heterocycles. The van der Waals surface area contributed by atoms with E-state index in [0.717, 1.165) is 35.2 Å². The predicted octanol–water partition coefficient (Wildman–Crippen LogP) is 2.53. The third-order valence-corrected chi connectivity index (χ3v) is 6.17. The first-order chi connectivity index (χ1) is 17.0. The summed E-state index contributed by atoms with van der Waals surface area (Å²) < 4.78 is 5.02. The first-order valence-electron chi connectivity index (χ1n) is 11.9. The van der Waals surface area contributed by atoms with E-state index in [1.54, 1.807) is 19.1 Å². The molecule has 9 heteroatoms. The maximum atomic E-state index is 13.5. The Bertz CT molecular complexity index is 1190. The number of hydrogen-bond acceptors (Lipinski definition) is 6. The lowest BCUT2D eigenvalue weighted by Crippen LogP contribution is -2.50. The van der Waals surface area contributed by atoms with Crippen molar-refractivity contribution in [1.82, 2.24) is 20.2 Å². The highest BCUT2D eigenvalue weighted by atomic mass is 16.5. The third-order valence-electron chi connectivity index (χ3n) is 6.17. The van der Waals surface area contributed by atoms with E-state index in [1.807, 2.05) is 35.4 Å². The number of carbonyl (C=O) groups excluding carboxylic acids is 3. The first-order valence-corrected chi connectivity index (χ1v) is 11.9. The number of carbonyl (C=O) groups is 3. The Morgan fingerprint density at radius 2 is 1.94 bits per heavy atom. The summed E-state index contributed by atoms with van der Waals surface area (Å²) in [4.78, 5) is 48.9. The van der Waals surface area contributed by atoms with E-state index < -0.39 is 12.0 Å². The van der Waals surface area contributed by atoms with Crippen molar-refractivity contribution in [3.8, 4) is 0 Å². The monoisotopic (exact) mass is 477 g/mol. The number of esters is 1. The Morgan fingerprint density at radius 3 is 2.69 bits per heavy atom. The van der Waals surface area contributed by atoms with Gasteiger partial charge in [-0.2, -0.15) is 0 Å². The molecule has 0 bridgehead atoms. The molecule has 0 aliphatic carbocycles. The molecule has 0 saturated carbocycles. The van der Waals surface area contributed by atoms with Gasteiger partial charge in [-0.3, -0.25) is 9.59 Å². The van der Waals surface area contributed by atoms with Gasteiger partial charge in [-0.15, -0.1) is 0 Å². The van der Waals surface area contributed by atoms with Gasteiger partial charge < -0.3 is 24.8 Å². The molecular formula is C26H31N5O4. The number of rotatable bonds is 7. The smallest absolute Gasteiger partial charge is 0.339 e. The first kappa shape index (κ1) is 24.3. The van der Waals surface area contributed by atoms with E-state index in [-0.39, 0.29) is 11.8 Å². The number of nitrogens with one attached hydrogen (secondary N) is 2. The minimum atomic E-state index is -0.639. The van der Waals surface area contributed by atoms with Crippen molar-refractivity contribution in [2.45, 2.75) is 32.7 Å². The van der Waals surface area contributed by atoms with Crippen LogP contribution in [0.5, 0.6) is 0 Å². The largest absolute Gasteiger partial charge is 0.462 e. The molecular weight excluding hydrogens is 446 g/mol. The maximum absolute atomic E-state index is 13.5. The average Bonchev–Trinajstić information content (AvgIpc) is 3.10. The Labute approximate surface area is 204 Å². The van der Waals surface area contributed by atoms with E-state index in [2.05, 4.69) is 20.2 Å². The number of benzene rings is 1. The number of nitrogens with zero attached hydrogens (tertiary/aromatic N) is 3. The van der Waals surface area contributed by atoms with Gasteiger partial charge in [-0.1, -0.05) is 18.2 Å². The Kier molecular flexibility index (Phi) is 7.64. The number of para-hydroxylation sites is 1. The number of fused-ring (bicyclic) bond motifs is 1. The molecule has 4 rings (SSSR count). The molecule has 1 aliphatic rings. The quantitative estimate of drug-likeness (QED) is 0.507. The number of ether oxygens (including phenoxy) is 1. The highest BCUT2D eigenvalue weighted by Crippen LogP contribution is 2.20. The number of amides is 2. The molecule has 2 N–H and O–H groups in total. The van der Waals surface area contributed by atoms with Gasteiger partial charge in [0.15, 0.2) is 0 Å². The van der Waals surface area contributed by atoms with Crippen LogP contribution in [-0.4, -0.2) is 71.5 Å². The van der Waals surface area contributed by atoms with Crippen molar-refractivity contribution >= 4 is 34.5 Å². The zero-order valence-corrected chi connectivity index (χ0v) is 20.1. The van der Waals surface area contributed by atoms with Gasteiger partial charge in [-0.05, 0) is 37.1 Å². The zero-order chi connectivity index (χ0) is 24.8. The van der Waals surface area contributed by atoms with Gasteiger partial charge >= 0.3 is 5.97 Å². The fourth-order valence-corrected chi connectivity index (χ4v) is 4.46. The van der Waals surface area contributed by atoms with Crippen molar-refractivity contribution in [2.75, 3.05) is 37.7 Å². The highest BCUT2D eigenvalue weighted by molar-refractivity contribution is 5.90. The van der Waals surface area contributed by atoms with Gasteiger partial charge in [0.25, 0.3) is 0 Å². The second-order valence-electron chi connectivity index (χ2n) is 8.61. The molecule has 0 radical (unpaired) electrons. The minimum absolute atomic E-state index is 0.0852. The van der Waals surface area contributed by atoms with Crippen molar-refractivity contribution < 1.29 is 19.1 Å². The summed E-state index contributed by atoms with van der Waals surface area (Å²) in [7, 11) is 0. The molecule has 1 unspecified atom stereocenters. The van der Waals surface area contributed by atoms with Crippen LogP contribution in [0.3, 0.4) is 0 Å². The standard InChI is InChI=1S/C26H31N5O4/c1-3-35-26(34)19-9-10-24(28-16-19)30-11-6-12-31(14-13-30)25(33)23(29-18(2)32)15-20-17-27-22-8-5-4-7-21(20)22/h4-5,7-10,16-17,23,27H,3,6,11-15H2,1-2H3,(H,29,32). The number of aromatic nitrogens is 2. The average molecular weight is 478 g/mol. The second kappa shape index (κ2) is 11.0. The van der Waals surface area contributed by atoms with E-state index >= 15 is 0 Å². The third kappa shape index (κ3) is 5.79. The molecule has 2 amide bonds. The molecule has 1 aromatic carbocycles. The summed E-state index contributed by atoms with van der Waals surface area (Å²) in [6.45, 7) is 5.98. The summed E-state index contributed by atoms with van der Waals surface area (Å²) in [5.74, 6) is 0.0476. The predicted molar refractivity (Wildman–Crippen MR) is 133 cm³/mol. The molecule has 1 fully saturated rings. The lowest BCUT2D eigenvalue weighted by molar-refractivity contribution is -0.135. The molecule has 184 valence electrons. The molecule has 3 aromatic rings. The zero-order valence-electron chi connectivity index (χ0n) is 20.1. The normalized spacial score (nSPS) is 14.9. The van der Waals surface area contributed by atoms with Gasteiger partial charge in [0, 0.05) is 62.8 Å². The number of aromatic amines is 1. The fraction of sp³-hybridized carbons (Fsp3) is 0.385. The number of anilines is 1. The molecule has 1 saturated heterocycles. The van der Waals surface area contributed by atoms with Crippen molar-refractivity contribution in [2.24, 2.45) is 0 Å². The Morgan fingerprint density at radius 1 is 1.11 bits per heavy atom. The van der Waals surface area contributed by atoms with Gasteiger partial charge in [-0.25, -0.2) is 9.78 Å². The minimum Gasteiger partial charge on any atom is -0.462 e. The number of hydrogen-bond donors (Lipinski definition) is 2. The molecule has 35 heavy (non-hydrogen) atoms. The summed E-state index contributed by atoms with van der Waals surface area (Å²) in [5.41, 5.74) is 2.41. The summed E-state index contributed by atoms with van der Waals surface area (Å²) >= 11 is 0. The van der Waals surface area contributed by atoms with E-state index in [4.69, 9.17) is 4.74 Å². The molecule has 9 nitrogen and oxygen atoms in total. The summed E-state index contributed by atoms with van der Waals surface area (Å²) in [5, 5.41) is 3.91. The molecule has 3 heterocycles. The molecule has 2 aromatic heterocycles. The van der Waals surface area contributed by atoms with Crippen LogP contribution in [0.1, 0.15) is 36.2 Å². The molecule has 1 atom stereocenters. The topological polar surface area (TPSA) is 108 Å². The fourth-order valence-electron chi connectivity index (χ4n) is 4.46. The lowest BCUT2D eigenvalue weighted by atomic mass is 10.0. The van der Waals surface area contributed by atoms with Crippen molar-refractivity contribution in [3.63, 3.8) is 0 Å². The van der Waals surface area contributed by atoms with E-state index in [1.165, 1.54) is 13.1 Å². The van der Waals surface area contributed by atoms with Crippen molar-refractivity contribution in [3.05, 3.63) is 59.9 Å². The molecule has 0 spiro atoms. The van der Waals surface area contributed by atoms with Gasteiger partial charge in [0.1, 0.15) is 11.9 Å². The SMILES string of the molecule is CCOC(=O)c1ccc(N2CCCN(C(=O)C(Cc3c[nH]c4ccccc34)NC(C)=O)CC2)nc1. The van der Waals surface area contributed by atoms with Crippen LogP contribution in [0, 0.1) is 0 Å². The number of H-pyrrole nitrogens is 1. The van der Waals surface area contributed by atoms with Crippen LogP contribution in [0.15, 0.2) is 48.8 Å². The Balaban J connectivity index is 1.43. The lowest BCUT2D eigenvalue weighted by Gasteiger charge is -2.27. The summed E-state index contributed by atoms with van der Waals surface area (Å²) in [6, 6.07) is 10.8. The van der Waals surface area contributed by atoms with Crippen molar-refractivity contribution in [1.29, 1.82) is 0 Å². The highest BCUT2D eigenvalue weighted by Gasteiger charge is 2.28. The van der Waals surface area contributed by atoms with E-state index in [0.29, 0.717) is 38.2 Å². The van der Waals surface area contributed by atoms with Gasteiger partial charge in [0.2, 0.25) is 11.8 Å². The van der Waals surface area contributed by atoms with Crippen LogP contribution in [0.2, 0.25) is 0 Å². The van der Waals surface area contributed by atoms with Gasteiger partial charge in [0.05, 0.1) is 12.2 Å². The van der Waals surface area contributed by atoms with Crippen LogP contribution >= 0.6 is 0 Å². The maximum Gasteiger partial charge on any atom is 0.339 e. The summed E-state index contributed by atoms with van der Waals surface area (Å²) in [6.07, 6.45) is 4.62. The second-order valence-corrected chi connectivity index (χ2v) is 8.61.